The molecule has 1 saturated heterocycles. The highest BCUT2D eigenvalue weighted by atomic mass is 16.2. The molecule has 1 aliphatic heterocycles. The van der Waals surface area contributed by atoms with E-state index in [2.05, 4.69) is 35.2 Å². The fourth-order valence-electron chi connectivity index (χ4n) is 4.16. The summed E-state index contributed by atoms with van der Waals surface area (Å²) in [7, 11) is 0. The number of hydrogen-bond acceptors (Lipinski definition) is 2. The van der Waals surface area contributed by atoms with E-state index in [1.165, 1.54) is 25.7 Å². The maximum atomic E-state index is 12.6. The molecule has 2 aliphatic rings. The minimum absolute atomic E-state index is 0.0901. The molecule has 1 aliphatic carbocycles. The topological polar surface area (TPSA) is 50.2 Å². The molecule has 2 amide bonds. The van der Waals surface area contributed by atoms with Crippen LogP contribution in [-0.2, 0) is 6.54 Å². The number of carbonyl (C=O) groups is 1. The first-order valence-electron chi connectivity index (χ1n) is 8.63. The Morgan fingerprint density at radius 1 is 1.36 bits per heavy atom. The summed E-state index contributed by atoms with van der Waals surface area (Å²) in [6.45, 7) is 7.76. The Hall–Kier alpha value is -1.52. The highest BCUT2D eigenvalue weighted by molar-refractivity contribution is 5.75. The Bertz CT molecular complexity index is 539. The molecule has 1 aromatic heterocycles. The maximum absolute atomic E-state index is 12.6. The zero-order valence-corrected chi connectivity index (χ0v) is 14.0. The predicted molar refractivity (Wildman–Crippen MR) is 86.8 cm³/mol. The second-order valence-electron chi connectivity index (χ2n) is 7.05. The van der Waals surface area contributed by atoms with Crippen molar-refractivity contribution in [2.24, 2.45) is 5.92 Å². The second-order valence-corrected chi connectivity index (χ2v) is 7.05. The van der Waals surface area contributed by atoms with E-state index in [1.807, 2.05) is 11.6 Å². The van der Waals surface area contributed by atoms with Crippen molar-refractivity contribution >= 4 is 6.03 Å². The molecule has 5 heteroatoms. The van der Waals surface area contributed by atoms with Gasteiger partial charge in [-0.15, -0.1) is 0 Å². The minimum atomic E-state index is 0.0901. The van der Waals surface area contributed by atoms with Gasteiger partial charge >= 0.3 is 6.03 Å². The van der Waals surface area contributed by atoms with Crippen LogP contribution in [0.25, 0.3) is 0 Å². The van der Waals surface area contributed by atoms with E-state index in [-0.39, 0.29) is 12.1 Å². The van der Waals surface area contributed by atoms with Gasteiger partial charge in [-0.2, -0.15) is 5.10 Å². The largest absolute Gasteiger partial charge is 0.334 e. The predicted octanol–water partition coefficient (Wildman–Crippen LogP) is 2.86. The number of nitrogens with one attached hydrogen (secondary N) is 1. The molecule has 0 unspecified atom stereocenters. The smallest absolute Gasteiger partial charge is 0.317 e. The lowest BCUT2D eigenvalue weighted by atomic mass is 9.92. The van der Waals surface area contributed by atoms with Gasteiger partial charge in [0.25, 0.3) is 0 Å². The number of fused-ring (bicyclic) bond motifs is 1. The molecule has 0 aromatic carbocycles. The average molecular weight is 304 g/mol. The van der Waals surface area contributed by atoms with E-state index < -0.39 is 0 Å². The van der Waals surface area contributed by atoms with E-state index in [4.69, 9.17) is 0 Å². The molecule has 22 heavy (non-hydrogen) atoms. The number of urea groups is 1. The summed E-state index contributed by atoms with van der Waals surface area (Å²) in [5, 5.41) is 7.65. The Morgan fingerprint density at radius 2 is 2.14 bits per heavy atom. The van der Waals surface area contributed by atoms with Gasteiger partial charge in [0.15, 0.2) is 0 Å². The van der Waals surface area contributed by atoms with Crippen molar-refractivity contribution in [1.29, 1.82) is 0 Å². The molecule has 0 spiro atoms. The summed E-state index contributed by atoms with van der Waals surface area (Å²) >= 11 is 0. The SMILES string of the molecule is Cc1cc(C)n(C[C@H](C)NC(=O)N2CCC[C@@H]3CCC[C@@H]32)n1. The van der Waals surface area contributed by atoms with Gasteiger partial charge in [-0.05, 0) is 58.4 Å². The van der Waals surface area contributed by atoms with Crippen molar-refractivity contribution in [2.75, 3.05) is 6.54 Å². The van der Waals surface area contributed by atoms with Gasteiger partial charge in [0.1, 0.15) is 0 Å². The van der Waals surface area contributed by atoms with Crippen LogP contribution >= 0.6 is 0 Å². The molecule has 2 heterocycles. The molecule has 2 fully saturated rings. The van der Waals surface area contributed by atoms with Gasteiger partial charge in [-0.25, -0.2) is 4.79 Å². The highest BCUT2D eigenvalue weighted by Gasteiger charge is 2.37. The van der Waals surface area contributed by atoms with E-state index in [1.54, 1.807) is 0 Å². The summed E-state index contributed by atoms with van der Waals surface area (Å²) in [6, 6.07) is 2.76. The number of likely N-dealkylation sites (tertiary alicyclic amines) is 1. The second kappa shape index (κ2) is 6.31. The molecule has 3 atom stereocenters. The molecule has 0 radical (unpaired) electrons. The Morgan fingerprint density at radius 3 is 2.86 bits per heavy atom. The third kappa shape index (κ3) is 3.13. The third-order valence-corrected chi connectivity index (χ3v) is 5.17. The Labute approximate surface area is 133 Å². The van der Waals surface area contributed by atoms with Gasteiger partial charge in [-0.3, -0.25) is 4.68 Å². The fourth-order valence-corrected chi connectivity index (χ4v) is 4.16. The molecule has 0 bridgehead atoms. The van der Waals surface area contributed by atoms with Crippen molar-refractivity contribution in [3.63, 3.8) is 0 Å². The Balaban J connectivity index is 1.57. The molecular formula is C17H28N4O. The van der Waals surface area contributed by atoms with E-state index in [9.17, 15) is 4.79 Å². The number of piperidine rings is 1. The quantitative estimate of drug-likeness (QED) is 0.933. The first kappa shape index (κ1) is 15.4. The summed E-state index contributed by atoms with van der Waals surface area (Å²) in [5.41, 5.74) is 2.17. The number of aromatic nitrogens is 2. The zero-order valence-electron chi connectivity index (χ0n) is 14.0. The molecule has 1 saturated carbocycles. The van der Waals surface area contributed by atoms with Crippen LogP contribution in [0.5, 0.6) is 0 Å². The molecule has 1 N–H and O–H groups in total. The molecular weight excluding hydrogens is 276 g/mol. The highest BCUT2D eigenvalue weighted by Crippen LogP contribution is 2.36. The van der Waals surface area contributed by atoms with Crippen molar-refractivity contribution < 1.29 is 4.79 Å². The summed E-state index contributed by atoms with van der Waals surface area (Å²) in [5.74, 6) is 0.741. The van der Waals surface area contributed by atoms with E-state index in [0.29, 0.717) is 6.04 Å². The van der Waals surface area contributed by atoms with Crippen molar-refractivity contribution in [3.8, 4) is 0 Å². The van der Waals surface area contributed by atoms with E-state index in [0.717, 1.165) is 36.8 Å². The van der Waals surface area contributed by atoms with Crippen LogP contribution in [-0.4, -0.2) is 39.3 Å². The molecule has 5 nitrogen and oxygen atoms in total. The average Bonchev–Trinajstić information content (AvgIpc) is 3.05. The first-order valence-corrected chi connectivity index (χ1v) is 8.63. The van der Waals surface area contributed by atoms with Gasteiger partial charge < -0.3 is 10.2 Å². The number of aryl methyl sites for hydroxylation is 2. The van der Waals surface area contributed by atoms with Crippen LogP contribution in [0.1, 0.15) is 50.4 Å². The number of amides is 2. The van der Waals surface area contributed by atoms with Crippen LogP contribution in [0.3, 0.4) is 0 Å². The molecule has 122 valence electrons. The summed E-state index contributed by atoms with van der Waals surface area (Å²) < 4.78 is 1.98. The van der Waals surface area contributed by atoms with Crippen molar-refractivity contribution in [1.82, 2.24) is 20.0 Å². The van der Waals surface area contributed by atoms with Crippen LogP contribution in [0, 0.1) is 19.8 Å². The third-order valence-electron chi connectivity index (χ3n) is 5.17. The number of rotatable bonds is 3. The lowest BCUT2D eigenvalue weighted by Crippen LogP contribution is -2.52. The Kier molecular flexibility index (Phi) is 4.41. The van der Waals surface area contributed by atoms with E-state index >= 15 is 0 Å². The molecule has 1 aromatic rings. The maximum Gasteiger partial charge on any atom is 0.317 e. The number of nitrogens with zero attached hydrogens (tertiary/aromatic N) is 3. The summed E-state index contributed by atoms with van der Waals surface area (Å²) in [6.07, 6.45) is 6.22. The monoisotopic (exact) mass is 304 g/mol. The van der Waals surface area contributed by atoms with Gasteiger partial charge in [0, 0.05) is 24.3 Å². The lowest BCUT2D eigenvalue weighted by molar-refractivity contribution is 0.125. The minimum Gasteiger partial charge on any atom is -0.334 e. The van der Waals surface area contributed by atoms with Crippen molar-refractivity contribution in [2.45, 2.75) is 71.5 Å². The zero-order chi connectivity index (χ0) is 15.7. The fraction of sp³-hybridized carbons (Fsp3) is 0.765. The van der Waals surface area contributed by atoms with Crippen LogP contribution in [0.15, 0.2) is 6.07 Å². The van der Waals surface area contributed by atoms with Gasteiger partial charge in [-0.1, -0.05) is 6.42 Å². The van der Waals surface area contributed by atoms with Gasteiger partial charge in [0.05, 0.1) is 12.2 Å². The number of carbonyl (C=O) groups excluding carboxylic acids is 1. The first-order chi connectivity index (χ1) is 10.5. The lowest BCUT2D eigenvalue weighted by Gasteiger charge is -2.38. The van der Waals surface area contributed by atoms with Crippen LogP contribution in [0.2, 0.25) is 0 Å². The summed E-state index contributed by atoms with van der Waals surface area (Å²) in [4.78, 5) is 14.7. The van der Waals surface area contributed by atoms with Crippen LogP contribution in [0.4, 0.5) is 4.79 Å². The van der Waals surface area contributed by atoms with Crippen molar-refractivity contribution in [3.05, 3.63) is 17.5 Å². The molecule has 3 rings (SSSR count). The normalized spacial score (nSPS) is 25.9. The number of hydrogen-bond donors (Lipinski definition) is 1. The standard InChI is InChI=1S/C17H28N4O/c1-12-10-14(3)21(19-12)11-13(2)18-17(22)20-9-5-7-15-6-4-8-16(15)20/h10,13,15-16H,4-9,11H2,1-3H3,(H,18,22)/t13-,15-,16-/m0/s1. The van der Waals surface area contributed by atoms with Gasteiger partial charge in [0.2, 0.25) is 0 Å². The van der Waals surface area contributed by atoms with Crippen LogP contribution < -0.4 is 5.32 Å².